The van der Waals surface area contributed by atoms with Gasteiger partial charge in [0.05, 0.1) is 16.2 Å². The highest BCUT2D eigenvalue weighted by molar-refractivity contribution is 7.99. The molecule has 128 valence electrons. The number of allylic oxidation sites excluding steroid dienone is 1. The van der Waals surface area contributed by atoms with E-state index in [1.165, 1.54) is 12.8 Å². The quantitative estimate of drug-likeness (QED) is 0.543. The normalized spacial score (nSPS) is 15.4. The van der Waals surface area contributed by atoms with Crippen molar-refractivity contribution < 1.29 is 0 Å². The van der Waals surface area contributed by atoms with Crippen LogP contribution in [0.3, 0.4) is 0 Å². The lowest BCUT2D eigenvalue weighted by Gasteiger charge is -2.12. The van der Waals surface area contributed by atoms with E-state index in [1.54, 1.807) is 17.8 Å². The Morgan fingerprint density at radius 1 is 1.40 bits per heavy atom. The van der Waals surface area contributed by atoms with E-state index in [-0.39, 0.29) is 10.8 Å². The molecule has 6 nitrogen and oxygen atoms in total. The first-order chi connectivity index (χ1) is 12.2. The van der Waals surface area contributed by atoms with Crippen molar-refractivity contribution in [2.45, 2.75) is 42.6 Å². The van der Waals surface area contributed by atoms with Crippen LogP contribution < -0.4 is 5.56 Å². The Bertz CT molecular complexity index is 989. The summed E-state index contributed by atoms with van der Waals surface area (Å²) in [7, 11) is 0. The van der Waals surface area contributed by atoms with Gasteiger partial charge in [-0.1, -0.05) is 30.0 Å². The molecule has 2 heterocycles. The molecule has 3 aromatic rings. The van der Waals surface area contributed by atoms with Crippen molar-refractivity contribution in [1.82, 2.24) is 24.7 Å². The van der Waals surface area contributed by atoms with E-state index in [0.717, 1.165) is 11.0 Å². The SMILES string of the molecule is C=CCn1c(S[C@@H](C)c2nc3ccccc3c(=O)[nH]2)nnc1C1CC1. The molecular formula is C18H19N5OS. The zero-order chi connectivity index (χ0) is 17.4. The van der Waals surface area contributed by atoms with Gasteiger partial charge in [0.2, 0.25) is 0 Å². The maximum absolute atomic E-state index is 12.3. The Labute approximate surface area is 149 Å². The molecule has 0 amide bonds. The lowest BCUT2D eigenvalue weighted by molar-refractivity contribution is 0.679. The minimum absolute atomic E-state index is 0.0443. The number of benzene rings is 1. The van der Waals surface area contributed by atoms with Crippen molar-refractivity contribution in [1.29, 1.82) is 0 Å². The molecule has 1 aliphatic rings. The maximum atomic E-state index is 12.3. The lowest BCUT2D eigenvalue weighted by Crippen LogP contribution is -2.13. The molecule has 0 saturated heterocycles. The van der Waals surface area contributed by atoms with Gasteiger partial charge in [-0.3, -0.25) is 4.79 Å². The monoisotopic (exact) mass is 353 g/mol. The molecule has 0 spiro atoms. The number of para-hydroxylation sites is 1. The molecule has 2 aromatic heterocycles. The summed E-state index contributed by atoms with van der Waals surface area (Å²) in [5.41, 5.74) is 0.596. The molecular weight excluding hydrogens is 334 g/mol. The number of aromatic nitrogens is 5. The van der Waals surface area contributed by atoms with Crippen LogP contribution in [0.25, 0.3) is 10.9 Å². The van der Waals surface area contributed by atoms with E-state index < -0.39 is 0 Å². The first-order valence-corrected chi connectivity index (χ1v) is 9.25. The molecule has 7 heteroatoms. The summed E-state index contributed by atoms with van der Waals surface area (Å²) in [5.74, 6) is 2.21. The Hall–Kier alpha value is -2.41. The van der Waals surface area contributed by atoms with Crippen molar-refractivity contribution in [3.63, 3.8) is 0 Å². The number of nitrogens with one attached hydrogen (secondary N) is 1. The van der Waals surface area contributed by atoms with E-state index >= 15 is 0 Å². The summed E-state index contributed by atoms with van der Waals surface area (Å²) in [6, 6.07) is 7.37. The van der Waals surface area contributed by atoms with Crippen LogP contribution in [0.2, 0.25) is 0 Å². The van der Waals surface area contributed by atoms with Crippen LogP contribution >= 0.6 is 11.8 Å². The van der Waals surface area contributed by atoms with Crippen LogP contribution in [-0.2, 0) is 6.54 Å². The minimum Gasteiger partial charge on any atom is -0.309 e. The molecule has 0 aliphatic heterocycles. The number of H-pyrrole nitrogens is 1. The van der Waals surface area contributed by atoms with Crippen molar-refractivity contribution in [3.8, 4) is 0 Å². The van der Waals surface area contributed by atoms with E-state index in [4.69, 9.17) is 0 Å². The minimum atomic E-state index is -0.112. The molecule has 0 bridgehead atoms. The van der Waals surface area contributed by atoms with Crippen LogP contribution in [0.1, 0.15) is 42.6 Å². The van der Waals surface area contributed by atoms with Gasteiger partial charge in [0.15, 0.2) is 5.16 Å². The number of nitrogens with zero attached hydrogens (tertiary/aromatic N) is 4. The van der Waals surface area contributed by atoms with Gasteiger partial charge in [-0.25, -0.2) is 4.98 Å². The maximum Gasteiger partial charge on any atom is 0.258 e. The van der Waals surface area contributed by atoms with Crippen LogP contribution in [0.15, 0.2) is 46.9 Å². The second kappa shape index (κ2) is 6.48. The van der Waals surface area contributed by atoms with Crippen molar-refractivity contribution in [2.75, 3.05) is 0 Å². The van der Waals surface area contributed by atoms with Crippen LogP contribution in [0.5, 0.6) is 0 Å². The van der Waals surface area contributed by atoms with Gasteiger partial charge in [-0.15, -0.1) is 16.8 Å². The highest BCUT2D eigenvalue weighted by atomic mass is 32.2. The standard InChI is InChI=1S/C18H19N5OS/c1-3-10-23-16(12-8-9-12)21-22-18(23)25-11(2)15-19-14-7-5-4-6-13(14)17(24)20-15/h3-7,11-12H,1,8-10H2,2H3,(H,19,20,24)/t11-/m0/s1. The molecule has 1 atom stereocenters. The zero-order valence-corrected chi connectivity index (χ0v) is 14.8. The Kier molecular flexibility index (Phi) is 4.17. The summed E-state index contributed by atoms with van der Waals surface area (Å²) in [5, 5.41) is 10.1. The van der Waals surface area contributed by atoms with Gasteiger partial charge >= 0.3 is 0 Å². The Balaban J connectivity index is 1.65. The Morgan fingerprint density at radius 2 is 2.20 bits per heavy atom. The summed E-state index contributed by atoms with van der Waals surface area (Å²) in [4.78, 5) is 19.8. The molecule has 1 N–H and O–H groups in total. The first-order valence-electron chi connectivity index (χ1n) is 8.37. The smallest absolute Gasteiger partial charge is 0.258 e. The predicted molar refractivity (Wildman–Crippen MR) is 98.8 cm³/mol. The van der Waals surface area contributed by atoms with E-state index in [2.05, 4.69) is 31.3 Å². The fourth-order valence-electron chi connectivity index (χ4n) is 2.84. The third-order valence-corrected chi connectivity index (χ3v) is 5.39. The summed E-state index contributed by atoms with van der Waals surface area (Å²) < 4.78 is 2.12. The summed E-state index contributed by atoms with van der Waals surface area (Å²) in [6.45, 7) is 6.54. The first kappa shape index (κ1) is 16.1. The van der Waals surface area contributed by atoms with Crippen LogP contribution in [-0.4, -0.2) is 24.7 Å². The second-order valence-corrected chi connectivity index (χ2v) is 7.55. The van der Waals surface area contributed by atoms with E-state index in [9.17, 15) is 4.79 Å². The third-order valence-electron chi connectivity index (χ3n) is 4.30. The van der Waals surface area contributed by atoms with Crippen LogP contribution in [0, 0.1) is 0 Å². The Morgan fingerprint density at radius 3 is 2.96 bits per heavy atom. The van der Waals surface area contributed by atoms with Crippen molar-refractivity contribution >= 4 is 22.7 Å². The highest BCUT2D eigenvalue weighted by Gasteiger charge is 2.30. The number of thioether (sulfide) groups is 1. The largest absolute Gasteiger partial charge is 0.309 e. The van der Waals surface area contributed by atoms with Gasteiger partial charge in [0.25, 0.3) is 5.56 Å². The number of rotatable bonds is 6. The molecule has 4 rings (SSSR count). The van der Waals surface area contributed by atoms with E-state index in [0.29, 0.717) is 29.2 Å². The highest BCUT2D eigenvalue weighted by Crippen LogP contribution is 2.41. The van der Waals surface area contributed by atoms with Gasteiger partial charge in [0.1, 0.15) is 11.6 Å². The molecule has 1 aliphatic carbocycles. The van der Waals surface area contributed by atoms with Crippen molar-refractivity contribution in [2.24, 2.45) is 0 Å². The number of hydrogen-bond acceptors (Lipinski definition) is 5. The molecule has 25 heavy (non-hydrogen) atoms. The number of aromatic amines is 1. The fourth-order valence-corrected chi connectivity index (χ4v) is 3.77. The number of hydrogen-bond donors (Lipinski definition) is 1. The van der Waals surface area contributed by atoms with Gasteiger partial charge in [-0.2, -0.15) is 0 Å². The molecule has 0 unspecified atom stereocenters. The average molecular weight is 353 g/mol. The fraction of sp³-hybridized carbons (Fsp3) is 0.333. The van der Waals surface area contributed by atoms with Crippen molar-refractivity contribution in [3.05, 3.63) is 58.9 Å². The summed E-state index contributed by atoms with van der Waals surface area (Å²) in [6.07, 6.45) is 4.21. The lowest BCUT2D eigenvalue weighted by atomic mass is 10.2. The van der Waals surface area contributed by atoms with Gasteiger partial charge < -0.3 is 9.55 Å². The third kappa shape index (κ3) is 3.11. The average Bonchev–Trinajstić information content (AvgIpc) is 3.39. The molecule has 1 aromatic carbocycles. The van der Waals surface area contributed by atoms with Gasteiger partial charge in [0, 0.05) is 12.5 Å². The van der Waals surface area contributed by atoms with Gasteiger partial charge in [-0.05, 0) is 31.9 Å². The van der Waals surface area contributed by atoms with Crippen LogP contribution in [0.4, 0.5) is 0 Å². The molecule has 1 saturated carbocycles. The molecule has 0 radical (unpaired) electrons. The zero-order valence-electron chi connectivity index (χ0n) is 14.0. The predicted octanol–water partition coefficient (Wildman–Crippen LogP) is 3.43. The topological polar surface area (TPSA) is 76.5 Å². The molecule has 1 fully saturated rings. The van der Waals surface area contributed by atoms with E-state index in [1.807, 2.05) is 31.2 Å². The number of fused-ring (bicyclic) bond motifs is 1. The second-order valence-electron chi connectivity index (χ2n) is 6.24. The summed E-state index contributed by atoms with van der Waals surface area (Å²) >= 11 is 1.56.